The highest BCUT2D eigenvalue weighted by Gasteiger charge is 2.52. The van der Waals surface area contributed by atoms with Crippen molar-refractivity contribution in [3.05, 3.63) is 11.6 Å². The largest absolute Gasteiger partial charge is 0.354 e. The van der Waals surface area contributed by atoms with Crippen molar-refractivity contribution < 1.29 is 14.4 Å². The molecule has 1 spiro atoms. The van der Waals surface area contributed by atoms with E-state index >= 15 is 0 Å². The highest BCUT2D eigenvalue weighted by atomic mass is 16.2. The van der Waals surface area contributed by atoms with Gasteiger partial charge in [0.1, 0.15) is 12.1 Å². The summed E-state index contributed by atoms with van der Waals surface area (Å²) in [6, 6.07) is -0.426. The molecule has 25 heavy (non-hydrogen) atoms. The number of imide groups is 1. The van der Waals surface area contributed by atoms with Gasteiger partial charge in [-0.15, -0.1) is 0 Å². The van der Waals surface area contributed by atoms with Crippen molar-refractivity contribution in [2.45, 2.75) is 70.3 Å². The van der Waals surface area contributed by atoms with Crippen LogP contribution in [0.5, 0.6) is 0 Å². The molecule has 2 aliphatic carbocycles. The predicted molar refractivity (Wildman–Crippen MR) is 94.8 cm³/mol. The van der Waals surface area contributed by atoms with E-state index in [1.165, 1.54) is 18.4 Å². The smallest absolute Gasteiger partial charge is 0.325 e. The average Bonchev–Trinajstić information content (AvgIpc) is 2.83. The van der Waals surface area contributed by atoms with Gasteiger partial charge < -0.3 is 10.6 Å². The van der Waals surface area contributed by atoms with Gasteiger partial charge in [-0.3, -0.25) is 14.5 Å². The molecular weight excluding hydrogens is 318 g/mol. The van der Waals surface area contributed by atoms with Crippen LogP contribution in [0.15, 0.2) is 11.6 Å². The quantitative estimate of drug-likeness (QED) is 0.592. The minimum absolute atomic E-state index is 0.180. The van der Waals surface area contributed by atoms with E-state index in [0.29, 0.717) is 25.3 Å². The number of rotatable bonds is 5. The van der Waals surface area contributed by atoms with Gasteiger partial charge in [0.05, 0.1) is 0 Å². The molecule has 1 saturated heterocycles. The van der Waals surface area contributed by atoms with Gasteiger partial charge in [-0.25, -0.2) is 4.79 Å². The molecule has 0 aromatic carbocycles. The minimum Gasteiger partial charge on any atom is -0.354 e. The monoisotopic (exact) mass is 347 g/mol. The van der Waals surface area contributed by atoms with Crippen LogP contribution in [-0.4, -0.2) is 41.4 Å². The lowest BCUT2D eigenvalue weighted by Crippen LogP contribution is -2.49. The molecule has 0 atom stereocenters. The number of urea groups is 1. The second kappa shape index (κ2) is 7.58. The van der Waals surface area contributed by atoms with Crippen molar-refractivity contribution in [3.63, 3.8) is 0 Å². The van der Waals surface area contributed by atoms with Gasteiger partial charge in [0.2, 0.25) is 5.91 Å². The zero-order chi connectivity index (χ0) is 17.9. The summed E-state index contributed by atoms with van der Waals surface area (Å²) in [7, 11) is 0. The highest BCUT2D eigenvalue weighted by Crippen LogP contribution is 2.36. The van der Waals surface area contributed by atoms with Crippen molar-refractivity contribution in [2.75, 3.05) is 13.1 Å². The summed E-state index contributed by atoms with van der Waals surface area (Å²) < 4.78 is 0. The molecular formula is C19H29N3O3. The van der Waals surface area contributed by atoms with E-state index in [2.05, 4.69) is 23.6 Å². The van der Waals surface area contributed by atoms with E-state index in [1.807, 2.05) is 0 Å². The van der Waals surface area contributed by atoms with Crippen molar-refractivity contribution in [1.82, 2.24) is 15.5 Å². The minimum atomic E-state index is -0.767. The Morgan fingerprint density at radius 3 is 2.76 bits per heavy atom. The van der Waals surface area contributed by atoms with Gasteiger partial charge in [-0.2, -0.15) is 0 Å². The number of carbonyl (C=O) groups excluding carboxylic acids is 3. The Balaban J connectivity index is 1.48. The van der Waals surface area contributed by atoms with Gasteiger partial charge in [0.25, 0.3) is 5.91 Å². The molecule has 0 radical (unpaired) electrons. The Bertz CT molecular complexity index is 576. The van der Waals surface area contributed by atoms with Gasteiger partial charge in [0, 0.05) is 6.54 Å². The average molecular weight is 347 g/mol. The Kier molecular flexibility index (Phi) is 5.45. The number of hydrogen-bond donors (Lipinski definition) is 2. The predicted octanol–water partition coefficient (Wildman–Crippen LogP) is 2.49. The van der Waals surface area contributed by atoms with Crippen molar-refractivity contribution in [2.24, 2.45) is 5.92 Å². The fraction of sp³-hybridized carbons (Fsp3) is 0.737. The molecule has 4 amide bonds. The molecule has 1 saturated carbocycles. The lowest BCUT2D eigenvalue weighted by molar-refractivity contribution is -0.136. The van der Waals surface area contributed by atoms with Crippen molar-refractivity contribution in [1.29, 1.82) is 0 Å². The number of amides is 4. The molecule has 3 aliphatic rings. The molecule has 2 N–H and O–H groups in total. The van der Waals surface area contributed by atoms with Crippen LogP contribution in [-0.2, 0) is 9.59 Å². The fourth-order valence-corrected chi connectivity index (χ4v) is 4.11. The Hall–Kier alpha value is -1.85. The van der Waals surface area contributed by atoms with Crippen LogP contribution in [0.1, 0.15) is 64.7 Å². The summed E-state index contributed by atoms with van der Waals surface area (Å²) in [5.41, 5.74) is 0.633. The Morgan fingerprint density at radius 2 is 2.08 bits per heavy atom. The molecule has 138 valence electrons. The van der Waals surface area contributed by atoms with Crippen LogP contribution in [0, 0.1) is 5.92 Å². The third-order valence-electron chi connectivity index (χ3n) is 5.83. The Labute approximate surface area is 149 Å². The zero-order valence-corrected chi connectivity index (χ0v) is 15.1. The molecule has 6 heteroatoms. The lowest BCUT2D eigenvalue weighted by atomic mass is 9.77. The first-order valence-electron chi connectivity index (χ1n) is 9.59. The topological polar surface area (TPSA) is 78.5 Å². The zero-order valence-electron chi connectivity index (χ0n) is 15.1. The summed E-state index contributed by atoms with van der Waals surface area (Å²) in [5, 5.41) is 5.69. The number of carbonyl (C=O) groups is 3. The normalized spacial score (nSPS) is 29.6. The van der Waals surface area contributed by atoms with Crippen LogP contribution >= 0.6 is 0 Å². The second-order valence-corrected chi connectivity index (χ2v) is 7.79. The summed E-state index contributed by atoms with van der Waals surface area (Å²) in [4.78, 5) is 38.1. The standard InChI is InChI=1S/C19H29N3O3/c1-14-7-10-19(11-8-14)17(24)22(18(25)21-19)13-16(23)20-12-9-15-5-3-2-4-6-15/h5,14H,2-4,6-13H2,1H3,(H,20,23)(H,21,25). The second-order valence-electron chi connectivity index (χ2n) is 7.79. The first-order chi connectivity index (χ1) is 12.0. The summed E-state index contributed by atoms with van der Waals surface area (Å²) in [6.07, 6.45) is 11.1. The molecule has 1 aliphatic heterocycles. The van der Waals surface area contributed by atoms with Gasteiger partial charge in [-0.05, 0) is 63.7 Å². The van der Waals surface area contributed by atoms with Crippen molar-refractivity contribution in [3.8, 4) is 0 Å². The van der Waals surface area contributed by atoms with Crippen LogP contribution in [0.2, 0.25) is 0 Å². The van der Waals surface area contributed by atoms with Gasteiger partial charge in [-0.1, -0.05) is 18.6 Å². The maximum atomic E-state index is 12.7. The van der Waals surface area contributed by atoms with Gasteiger partial charge >= 0.3 is 6.03 Å². The SMILES string of the molecule is CC1CCC2(CC1)NC(=O)N(CC(=O)NCCC1=CCCCC1)C2=O. The van der Waals surface area contributed by atoms with E-state index in [1.54, 1.807) is 0 Å². The van der Waals surface area contributed by atoms with Crippen LogP contribution in [0.25, 0.3) is 0 Å². The molecule has 0 aromatic rings. The Morgan fingerprint density at radius 1 is 1.32 bits per heavy atom. The van der Waals surface area contributed by atoms with E-state index in [9.17, 15) is 14.4 Å². The maximum Gasteiger partial charge on any atom is 0.325 e. The van der Waals surface area contributed by atoms with Crippen LogP contribution in [0.4, 0.5) is 4.79 Å². The van der Waals surface area contributed by atoms with E-state index in [0.717, 1.165) is 37.0 Å². The first kappa shape index (κ1) is 18.0. The van der Waals surface area contributed by atoms with E-state index in [-0.39, 0.29) is 18.4 Å². The van der Waals surface area contributed by atoms with Crippen LogP contribution in [0.3, 0.4) is 0 Å². The molecule has 2 fully saturated rings. The highest BCUT2D eigenvalue weighted by molar-refractivity contribution is 6.09. The number of nitrogens with one attached hydrogen (secondary N) is 2. The summed E-state index contributed by atoms with van der Waals surface area (Å²) >= 11 is 0. The molecule has 1 heterocycles. The lowest BCUT2D eigenvalue weighted by Gasteiger charge is -2.33. The van der Waals surface area contributed by atoms with E-state index < -0.39 is 11.6 Å². The third kappa shape index (κ3) is 4.05. The van der Waals surface area contributed by atoms with Crippen LogP contribution < -0.4 is 10.6 Å². The molecule has 6 nitrogen and oxygen atoms in total. The number of allylic oxidation sites excluding steroid dienone is 1. The van der Waals surface area contributed by atoms with Crippen molar-refractivity contribution >= 4 is 17.8 Å². The van der Waals surface area contributed by atoms with E-state index in [4.69, 9.17) is 0 Å². The fourth-order valence-electron chi connectivity index (χ4n) is 4.11. The molecule has 0 unspecified atom stereocenters. The van der Waals surface area contributed by atoms with Gasteiger partial charge in [0.15, 0.2) is 0 Å². The molecule has 0 bridgehead atoms. The number of hydrogen-bond acceptors (Lipinski definition) is 3. The summed E-state index contributed by atoms with van der Waals surface area (Å²) in [5.74, 6) is 0.0949. The molecule has 3 rings (SSSR count). The maximum absolute atomic E-state index is 12.7. The summed E-state index contributed by atoms with van der Waals surface area (Å²) in [6.45, 7) is 2.55. The third-order valence-corrected chi connectivity index (χ3v) is 5.83. The number of nitrogens with zero attached hydrogens (tertiary/aromatic N) is 1. The first-order valence-corrected chi connectivity index (χ1v) is 9.59. The molecule has 0 aromatic heterocycles.